The van der Waals surface area contributed by atoms with E-state index in [0.29, 0.717) is 17.4 Å². The lowest BCUT2D eigenvalue weighted by Crippen LogP contribution is -2.45. The molecule has 3 unspecified atom stereocenters. The number of amides is 1. The van der Waals surface area contributed by atoms with Gasteiger partial charge in [0.05, 0.1) is 39.9 Å². The molecule has 0 aliphatic carbocycles. The summed E-state index contributed by atoms with van der Waals surface area (Å²) in [6, 6.07) is -0.908. The van der Waals surface area contributed by atoms with Gasteiger partial charge in [0.1, 0.15) is 13.2 Å². The monoisotopic (exact) mass is 879 g/mol. The molecular weight excluding hydrogens is 780 g/mol. The fourth-order valence-electron chi connectivity index (χ4n) is 7.19. The summed E-state index contributed by atoms with van der Waals surface area (Å²) in [5.74, 6) is -0.213. The van der Waals surface area contributed by atoms with Gasteiger partial charge in [0.25, 0.3) is 7.82 Å². The molecule has 8 nitrogen and oxygen atoms in total. The van der Waals surface area contributed by atoms with Gasteiger partial charge in [0, 0.05) is 6.42 Å². The Bertz CT molecular complexity index is 1130. The highest BCUT2D eigenvalue weighted by Gasteiger charge is 2.23. The molecular formula is C52H99N2O6P. The number of aliphatic hydroxyl groups is 1. The van der Waals surface area contributed by atoms with Crippen molar-refractivity contribution in [3.63, 3.8) is 0 Å². The first kappa shape index (κ1) is 59.5. The van der Waals surface area contributed by atoms with Crippen LogP contribution in [-0.2, 0) is 18.4 Å². The summed E-state index contributed by atoms with van der Waals surface area (Å²) in [4.78, 5) is 25.3. The van der Waals surface area contributed by atoms with Crippen molar-refractivity contribution in [3.8, 4) is 0 Å². The van der Waals surface area contributed by atoms with Gasteiger partial charge in [0.2, 0.25) is 5.91 Å². The number of likely N-dealkylation sites (N-methyl/N-ethyl adjacent to an activating group) is 1. The van der Waals surface area contributed by atoms with Gasteiger partial charge in [-0.2, -0.15) is 0 Å². The third-order valence-corrected chi connectivity index (χ3v) is 12.2. The standard InChI is InChI=1S/C52H99N2O6P/c1-6-8-10-12-14-16-18-19-20-21-22-23-24-25-26-27-28-29-30-31-32-33-34-36-38-40-42-44-46-52(56)53-50(49-60-61(57,58)59-48-47-54(3,4)5)51(55)45-43-41-39-37-35-17-15-13-11-9-7-2/h11,13,25-26,35,37,43,45,50-51,55H,6-10,12,14-24,27-34,36,38-42,44,46-49H2,1-5H3,(H-,53,56,57,58)/b13-11+,26-25-,37-35+,45-43+. The van der Waals surface area contributed by atoms with Crippen LogP contribution in [0.3, 0.4) is 0 Å². The molecule has 0 aliphatic rings. The molecule has 0 fully saturated rings. The number of hydrogen-bond donors (Lipinski definition) is 2. The average molecular weight is 879 g/mol. The van der Waals surface area contributed by atoms with Gasteiger partial charge in [-0.05, 0) is 64.2 Å². The third kappa shape index (κ3) is 46.3. The quantitative estimate of drug-likeness (QED) is 0.0273. The first-order valence-corrected chi connectivity index (χ1v) is 27.0. The molecule has 0 saturated heterocycles. The zero-order valence-electron chi connectivity index (χ0n) is 40.6. The molecule has 358 valence electrons. The Morgan fingerprint density at radius 2 is 0.951 bits per heavy atom. The summed E-state index contributed by atoms with van der Waals surface area (Å²) >= 11 is 0. The largest absolute Gasteiger partial charge is 0.756 e. The van der Waals surface area contributed by atoms with Crippen LogP contribution in [0.15, 0.2) is 48.6 Å². The second-order valence-corrected chi connectivity index (χ2v) is 19.9. The van der Waals surface area contributed by atoms with Crippen LogP contribution in [0.1, 0.15) is 226 Å². The van der Waals surface area contributed by atoms with E-state index in [-0.39, 0.29) is 12.5 Å². The van der Waals surface area contributed by atoms with Crippen molar-refractivity contribution < 1.29 is 32.9 Å². The number of unbranched alkanes of at least 4 members (excludes halogenated alkanes) is 27. The number of aliphatic hydroxyl groups excluding tert-OH is 1. The molecule has 0 aromatic carbocycles. The number of nitrogens with zero attached hydrogens (tertiary/aromatic N) is 1. The van der Waals surface area contributed by atoms with Crippen molar-refractivity contribution in [3.05, 3.63) is 48.6 Å². The minimum atomic E-state index is -4.60. The van der Waals surface area contributed by atoms with E-state index in [1.54, 1.807) is 6.08 Å². The Morgan fingerprint density at radius 1 is 0.557 bits per heavy atom. The van der Waals surface area contributed by atoms with Crippen molar-refractivity contribution in [2.24, 2.45) is 0 Å². The summed E-state index contributed by atoms with van der Waals surface area (Å²) in [5, 5.41) is 13.7. The Balaban J connectivity index is 4.12. The van der Waals surface area contributed by atoms with Gasteiger partial charge in [-0.3, -0.25) is 9.36 Å². The Kier molecular flexibility index (Phi) is 42.6. The van der Waals surface area contributed by atoms with E-state index < -0.39 is 26.6 Å². The zero-order chi connectivity index (χ0) is 45.0. The molecule has 3 atom stereocenters. The molecule has 0 saturated carbocycles. The summed E-state index contributed by atoms with van der Waals surface area (Å²) in [6.07, 6.45) is 56.3. The van der Waals surface area contributed by atoms with Crippen molar-refractivity contribution in [1.29, 1.82) is 0 Å². The maximum absolute atomic E-state index is 12.9. The Hall–Kier alpha value is -1.54. The Morgan fingerprint density at radius 3 is 1.39 bits per heavy atom. The van der Waals surface area contributed by atoms with Gasteiger partial charge in [-0.15, -0.1) is 0 Å². The van der Waals surface area contributed by atoms with Crippen molar-refractivity contribution >= 4 is 13.7 Å². The van der Waals surface area contributed by atoms with Crippen LogP contribution in [0.25, 0.3) is 0 Å². The molecule has 9 heteroatoms. The van der Waals surface area contributed by atoms with E-state index >= 15 is 0 Å². The van der Waals surface area contributed by atoms with Gasteiger partial charge in [-0.1, -0.05) is 204 Å². The lowest BCUT2D eigenvalue weighted by atomic mass is 10.0. The smallest absolute Gasteiger partial charge is 0.268 e. The van der Waals surface area contributed by atoms with Crippen LogP contribution in [0, 0.1) is 0 Å². The van der Waals surface area contributed by atoms with E-state index in [4.69, 9.17) is 9.05 Å². The number of phosphoric ester groups is 1. The number of nitrogens with one attached hydrogen (secondary N) is 1. The molecule has 0 heterocycles. The predicted molar refractivity (Wildman–Crippen MR) is 261 cm³/mol. The molecule has 2 N–H and O–H groups in total. The number of quaternary nitrogens is 1. The van der Waals surface area contributed by atoms with Crippen LogP contribution >= 0.6 is 7.82 Å². The summed E-state index contributed by atoms with van der Waals surface area (Å²) < 4.78 is 23.2. The first-order chi connectivity index (χ1) is 29.5. The van der Waals surface area contributed by atoms with Gasteiger partial charge in [0.15, 0.2) is 0 Å². The van der Waals surface area contributed by atoms with E-state index in [1.807, 2.05) is 27.2 Å². The van der Waals surface area contributed by atoms with E-state index in [9.17, 15) is 19.4 Å². The summed E-state index contributed by atoms with van der Waals surface area (Å²) in [6.45, 7) is 4.55. The second-order valence-electron chi connectivity index (χ2n) is 18.5. The zero-order valence-corrected chi connectivity index (χ0v) is 41.5. The lowest BCUT2D eigenvalue weighted by molar-refractivity contribution is -0.870. The number of hydrogen-bond acceptors (Lipinski definition) is 6. The molecule has 0 radical (unpaired) electrons. The Labute approximate surface area is 378 Å². The maximum atomic E-state index is 12.9. The molecule has 0 aromatic rings. The summed E-state index contributed by atoms with van der Waals surface area (Å²) in [7, 11) is 1.23. The molecule has 0 rings (SSSR count). The lowest BCUT2D eigenvalue weighted by Gasteiger charge is -2.29. The van der Waals surface area contributed by atoms with Crippen molar-refractivity contribution in [2.75, 3.05) is 40.9 Å². The number of carbonyl (C=O) groups excluding carboxylic acids is 1. The van der Waals surface area contributed by atoms with Crippen LogP contribution < -0.4 is 10.2 Å². The number of allylic oxidation sites excluding steroid dienone is 7. The van der Waals surface area contributed by atoms with Gasteiger partial charge < -0.3 is 28.8 Å². The van der Waals surface area contributed by atoms with Crippen LogP contribution in [-0.4, -0.2) is 68.5 Å². The molecule has 0 bridgehead atoms. The van der Waals surface area contributed by atoms with E-state index in [0.717, 1.165) is 51.4 Å². The SMILES string of the molecule is CCC/C=C/CC/C=C/CC/C=C/C(O)C(COP(=O)([O-])OCC[N+](C)(C)C)NC(=O)CCCCCCCCCCCCCC/C=C\CCCCCCCCCCCCCC. The van der Waals surface area contributed by atoms with Crippen LogP contribution in [0.2, 0.25) is 0 Å². The molecule has 1 amide bonds. The van der Waals surface area contributed by atoms with Crippen LogP contribution in [0.5, 0.6) is 0 Å². The topological polar surface area (TPSA) is 108 Å². The van der Waals surface area contributed by atoms with Crippen LogP contribution in [0.4, 0.5) is 0 Å². The van der Waals surface area contributed by atoms with Crippen molar-refractivity contribution in [1.82, 2.24) is 5.32 Å². The first-order valence-electron chi connectivity index (χ1n) is 25.5. The maximum Gasteiger partial charge on any atom is 0.268 e. The normalized spacial score (nSPS) is 14.5. The predicted octanol–water partition coefficient (Wildman–Crippen LogP) is 14.2. The third-order valence-electron chi connectivity index (χ3n) is 11.2. The number of phosphoric acid groups is 1. The van der Waals surface area contributed by atoms with Gasteiger partial charge in [-0.25, -0.2) is 0 Å². The minimum Gasteiger partial charge on any atom is -0.756 e. The molecule has 61 heavy (non-hydrogen) atoms. The fourth-order valence-corrected chi connectivity index (χ4v) is 7.91. The molecule has 0 spiro atoms. The number of rotatable bonds is 46. The summed E-state index contributed by atoms with van der Waals surface area (Å²) in [5.41, 5.74) is 0. The van der Waals surface area contributed by atoms with Crippen molar-refractivity contribution in [2.45, 2.75) is 238 Å². The highest BCUT2D eigenvalue weighted by molar-refractivity contribution is 7.45. The molecule has 0 aromatic heterocycles. The highest BCUT2D eigenvalue weighted by atomic mass is 31.2. The fraction of sp³-hybridized carbons (Fsp3) is 0.827. The average Bonchev–Trinajstić information content (AvgIpc) is 3.21. The number of carbonyl (C=O) groups is 1. The van der Waals surface area contributed by atoms with E-state index in [2.05, 4.69) is 55.6 Å². The van der Waals surface area contributed by atoms with Gasteiger partial charge >= 0.3 is 0 Å². The molecule has 0 aliphatic heterocycles. The second kappa shape index (κ2) is 43.7. The highest BCUT2D eigenvalue weighted by Crippen LogP contribution is 2.38. The van der Waals surface area contributed by atoms with E-state index in [1.165, 1.54) is 154 Å². The minimum absolute atomic E-state index is 0.00979.